The summed E-state index contributed by atoms with van der Waals surface area (Å²) in [5.41, 5.74) is 5.35. The van der Waals surface area contributed by atoms with E-state index in [4.69, 9.17) is 22.1 Å². The maximum atomic E-state index is 13.3. The summed E-state index contributed by atoms with van der Waals surface area (Å²) < 4.78 is 5.56. The van der Waals surface area contributed by atoms with Crippen molar-refractivity contribution in [3.05, 3.63) is 59.1 Å². The van der Waals surface area contributed by atoms with Crippen molar-refractivity contribution in [2.24, 2.45) is 5.73 Å². The molecule has 0 aliphatic carbocycles. The first kappa shape index (κ1) is 25.8. The second-order valence-electron chi connectivity index (χ2n) is 9.12. The highest BCUT2D eigenvalue weighted by molar-refractivity contribution is 6.30. The third-order valence-corrected chi connectivity index (χ3v) is 7.24. The van der Waals surface area contributed by atoms with Crippen molar-refractivity contribution >= 4 is 35.1 Å². The molecule has 0 radical (unpaired) electrons. The van der Waals surface area contributed by atoms with Crippen LogP contribution in [0.2, 0.25) is 5.02 Å². The van der Waals surface area contributed by atoms with E-state index in [1.54, 1.807) is 48.5 Å². The smallest absolute Gasteiger partial charge is 0.321 e. The number of amides is 4. The molecule has 0 spiro atoms. The van der Waals surface area contributed by atoms with Crippen LogP contribution < -0.4 is 21.1 Å². The number of primary amides is 1. The number of hydrogen-bond acceptors (Lipinski definition) is 5. The fraction of sp³-hybridized carbons (Fsp3) is 0.423. The number of urea groups is 1. The Morgan fingerprint density at radius 1 is 1.06 bits per heavy atom. The number of piperidine rings is 2. The van der Waals surface area contributed by atoms with Gasteiger partial charge in [-0.3, -0.25) is 14.5 Å². The van der Waals surface area contributed by atoms with E-state index in [9.17, 15) is 14.4 Å². The van der Waals surface area contributed by atoms with Crippen LogP contribution in [-0.2, 0) is 15.3 Å². The number of ether oxygens (including phenoxy) is 1. The van der Waals surface area contributed by atoms with Crippen molar-refractivity contribution in [2.45, 2.75) is 43.8 Å². The van der Waals surface area contributed by atoms with Gasteiger partial charge in [-0.2, -0.15) is 0 Å². The summed E-state index contributed by atoms with van der Waals surface area (Å²) in [6.45, 7) is 1.67. The Hall–Kier alpha value is -3.30. The summed E-state index contributed by atoms with van der Waals surface area (Å²) >= 11 is 5.95. The zero-order valence-electron chi connectivity index (χ0n) is 20.3. The fourth-order valence-electron chi connectivity index (χ4n) is 5.20. The van der Waals surface area contributed by atoms with E-state index < -0.39 is 17.6 Å². The molecule has 192 valence electrons. The molecule has 0 bridgehead atoms. The van der Waals surface area contributed by atoms with Crippen LogP contribution in [-0.4, -0.2) is 60.4 Å². The van der Waals surface area contributed by atoms with Crippen LogP contribution in [0.3, 0.4) is 0 Å². The Morgan fingerprint density at radius 2 is 1.75 bits per heavy atom. The average molecular weight is 514 g/mol. The quantitative estimate of drug-likeness (QED) is 0.525. The second kappa shape index (κ2) is 11.2. The maximum Gasteiger partial charge on any atom is 0.321 e. The summed E-state index contributed by atoms with van der Waals surface area (Å²) in [6.07, 6.45) is 3.84. The summed E-state index contributed by atoms with van der Waals surface area (Å²) in [6, 6.07) is 13.2. The van der Waals surface area contributed by atoms with Crippen LogP contribution >= 0.6 is 11.6 Å². The minimum atomic E-state index is -1.67. The van der Waals surface area contributed by atoms with E-state index in [2.05, 4.69) is 10.6 Å². The molecule has 2 aliphatic heterocycles. The first-order chi connectivity index (χ1) is 17.3. The van der Waals surface area contributed by atoms with Crippen molar-refractivity contribution in [3.8, 4) is 5.75 Å². The molecule has 2 aromatic carbocycles. The van der Waals surface area contributed by atoms with Crippen molar-refractivity contribution in [1.82, 2.24) is 15.1 Å². The van der Waals surface area contributed by atoms with Gasteiger partial charge in [-0.25, -0.2) is 4.79 Å². The van der Waals surface area contributed by atoms with Gasteiger partial charge in [0, 0.05) is 48.4 Å². The first-order valence-corrected chi connectivity index (χ1v) is 12.6. The molecular formula is C26H32ClN5O4. The predicted octanol–water partition coefficient (Wildman–Crippen LogP) is 3.29. The number of benzene rings is 2. The summed E-state index contributed by atoms with van der Waals surface area (Å²) in [5.74, 6) is -0.117. The van der Waals surface area contributed by atoms with E-state index in [0.717, 1.165) is 19.4 Å². The molecule has 2 fully saturated rings. The minimum absolute atomic E-state index is 0.0974. The largest absolute Gasteiger partial charge is 0.496 e. The molecule has 4 amide bonds. The number of nitrogens with one attached hydrogen (secondary N) is 2. The van der Waals surface area contributed by atoms with Crippen LogP contribution in [0.25, 0.3) is 0 Å². The van der Waals surface area contributed by atoms with E-state index in [-0.39, 0.29) is 11.9 Å². The lowest BCUT2D eigenvalue weighted by Gasteiger charge is -2.47. The van der Waals surface area contributed by atoms with Gasteiger partial charge < -0.3 is 26.0 Å². The van der Waals surface area contributed by atoms with E-state index >= 15 is 0 Å². The zero-order chi connectivity index (χ0) is 25.7. The Labute approximate surface area is 215 Å². The highest BCUT2D eigenvalue weighted by Crippen LogP contribution is 2.36. The number of hydrogen-bond donors (Lipinski definition) is 3. The highest BCUT2D eigenvalue weighted by Gasteiger charge is 2.49. The average Bonchev–Trinajstić information content (AvgIpc) is 2.89. The number of likely N-dealkylation sites (tertiary alicyclic amines) is 2. The number of nitrogens with two attached hydrogens (primary N) is 1. The molecule has 9 nitrogen and oxygen atoms in total. The Balaban J connectivity index is 1.63. The lowest BCUT2D eigenvalue weighted by molar-refractivity contribution is -0.140. The van der Waals surface area contributed by atoms with Crippen LogP contribution in [0.15, 0.2) is 48.5 Å². The molecule has 10 heteroatoms. The highest BCUT2D eigenvalue weighted by atomic mass is 35.5. The van der Waals surface area contributed by atoms with Gasteiger partial charge in [0.2, 0.25) is 11.6 Å². The molecule has 36 heavy (non-hydrogen) atoms. The second-order valence-corrected chi connectivity index (χ2v) is 9.56. The molecule has 2 aliphatic rings. The van der Waals surface area contributed by atoms with Crippen molar-refractivity contribution in [1.29, 1.82) is 0 Å². The van der Waals surface area contributed by atoms with Gasteiger partial charge in [0.15, 0.2) is 0 Å². The molecule has 2 saturated heterocycles. The third kappa shape index (κ3) is 5.27. The molecule has 4 N–H and O–H groups in total. The van der Waals surface area contributed by atoms with E-state index in [0.29, 0.717) is 54.4 Å². The molecular weight excluding hydrogens is 482 g/mol. The summed E-state index contributed by atoms with van der Waals surface area (Å²) in [5, 5.41) is 6.16. The predicted molar refractivity (Wildman–Crippen MR) is 138 cm³/mol. The number of methoxy groups -OCH3 is 1. The van der Waals surface area contributed by atoms with Crippen LogP contribution in [0.5, 0.6) is 5.75 Å². The number of halogens is 1. The van der Waals surface area contributed by atoms with Crippen molar-refractivity contribution < 1.29 is 19.1 Å². The topological polar surface area (TPSA) is 117 Å². The fourth-order valence-corrected chi connectivity index (χ4v) is 5.32. The summed E-state index contributed by atoms with van der Waals surface area (Å²) in [4.78, 5) is 42.8. The van der Waals surface area contributed by atoms with Crippen molar-refractivity contribution in [3.63, 3.8) is 0 Å². The Bertz CT molecular complexity index is 1100. The molecule has 4 rings (SSSR count). The molecule has 0 aromatic heterocycles. The van der Waals surface area contributed by atoms with Crippen LogP contribution in [0, 0.1) is 0 Å². The standard InChI is InChI=1S/C26H32ClN5O4/c1-36-22-7-3-2-6-21(22)26(24(28)34,30-25(35)29-19-11-9-18(27)10-12-19)31-16-13-20(14-17-31)32-15-5-4-8-23(32)33/h2-3,6-7,9-12,20H,4-5,8,13-17H2,1H3,(H2,28,34)(H2,29,30,35). The number of rotatable bonds is 7. The van der Waals surface area contributed by atoms with Crippen LogP contribution in [0.1, 0.15) is 37.7 Å². The van der Waals surface area contributed by atoms with E-state index in [1.807, 2.05) is 9.80 Å². The number of carbonyl (C=O) groups excluding carboxylic acids is 3. The van der Waals surface area contributed by atoms with Gasteiger partial charge >= 0.3 is 6.03 Å². The molecule has 2 aromatic rings. The molecule has 1 unspecified atom stereocenters. The molecule has 2 heterocycles. The minimum Gasteiger partial charge on any atom is -0.496 e. The van der Waals surface area contributed by atoms with E-state index in [1.165, 1.54) is 7.11 Å². The van der Waals surface area contributed by atoms with Gasteiger partial charge in [-0.15, -0.1) is 0 Å². The number of anilines is 1. The Kier molecular flexibility index (Phi) is 8.01. The van der Waals surface area contributed by atoms with Crippen LogP contribution in [0.4, 0.5) is 10.5 Å². The van der Waals surface area contributed by atoms with Gasteiger partial charge in [0.1, 0.15) is 5.75 Å². The molecule has 1 atom stereocenters. The van der Waals surface area contributed by atoms with Crippen molar-refractivity contribution in [2.75, 3.05) is 32.1 Å². The number of carbonyl (C=O) groups is 3. The lowest BCUT2D eigenvalue weighted by atomic mass is 9.91. The van der Waals surface area contributed by atoms with Gasteiger partial charge in [0.05, 0.1) is 7.11 Å². The van der Waals surface area contributed by atoms with Gasteiger partial charge in [-0.05, 0) is 56.0 Å². The number of nitrogens with zero attached hydrogens (tertiary/aromatic N) is 2. The van der Waals surface area contributed by atoms with Gasteiger partial charge in [-0.1, -0.05) is 29.8 Å². The Morgan fingerprint density at radius 3 is 2.39 bits per heavy atom. The normalized spacial score (nSPS) is 18.8. The first-order valence-electron chi connectivity index (χ1n) is 12.2. The van der Waals surface area contributed by atoms with Gasteiger partial charge in [0.25, 0.3) is 5.91 Å². The third-order valence-electron chi connectivity index (χ3n) is 6.99. The maximum absolute atomic E-state index is 13.3. The number of para-hydroxylation sites is 1. The monoisotopic (exact) mass is 513 g/mol. The SMILES string of the molecule is COc1ccccc1C(NC(=O)Nc1ccc(Cl)cc1)(C(N)=O)N1CCC(N2CCCCC2=O)CC1. The zero-order valence-corrected chi connectivity index (χ0v) is 21.1. The molecule has 0 saturated carbocycles. The lowest BCUT2D eigenvalue weighted by Crippen LogP contribution is -2.67. The summed E-state index contributed by atoms with van der Waals surface area (Å²) in [7, 11) is 1.51.